The minimum Gasteiger partial charge on any atom is -0.497 e. The Morgan fingerprint density at radius 2 is 2.00 bits per heavy atom. The Labute approximate surface area is 126 Å². The van der Waals surface area contributed by atoms with Gasteiger partial charge >= 0.3 is 0 Å². The first-order chi connectivity index (χ1) is 10.3. The van der Waals surface area contributed by atoms with Crippen molar-refractivity contribution in [3.8, 4) is 5.75 Å². The number of nitrogens with one attached hydrogen (secondary N) is 1. The molecule has 0 aliphatic carbocycles. The van der Waals surface area contributed by atoms with Crippen LogP contribution in [0.25, 0.3) is 0 Å². The molecule has 3 nitrogen and oxygen atoms in total. The first-order valence-corrected chi connectivity index (χ1v) is 7.50. The van der Waals surface area contributed by atoms with E-state index >= 15 is 0 Å². The van der Waals surface area contributed by atoms with Gasteiger partial charge in [-0.05, 0) is 24.1 Å². The van der Waals surface area contributed by atoms with Crippen LogP contribution in [0.15, 0.2) is 54.6 Å². The first kappa shape index (κ1) is 14.0. The van der Waals surface area contributed by atoms with E-state index in [1.165, 1.54) is 12.0 Å². The second-order valence-electron chi connectivity index (χ2n) is 5.58. The topological polar surface area (TPSA) is 24.5 Å². The van der Waals surface area contributed by atoms with Gasteiger partial charge in [-0.2, -0.15) is 0 Å². The van der Waals surface area contributed by atoms with E-state index in [0.717, 1.165) is 31.1 Å². The number of rotatable bonds is 5. The molecule has 2 aromatic rings. The average Bonchev–Trinajstić information content (AvgIpc) is 2.95. The summed E-state index contributed by atoms with van der Waals surface area (Å²) < 4.78 is 5.27. The molecule has 1 N–H and O–H groups in total. The maximum atomic E-state index is 5.27. The standard InChI is InChI=1S/C18H22N2O/c1-21-18-9-5-8-16(12-18)19-17-10-11-20(14-17)13-15-6-3-2-4-7-15/h2-9,12,17,19H,10-11,13-14H2,1H3. The van der Waals surface area contributed by atoms with Crippen molar-refractivity contribution >= 4 is 5.69 Å². The highest BCUT2D eigenvalue weighted by Gasteiger charge is 2.22. The summed E-state index contributed by atoms with van der Waals surface area (Å²) in [7, 11) is 1.70. The molecule has 1 aliphatic rings. The quantitative estimate of drug-likeness (QED) is 0.910. The molecule has 1 aliphatic heterocycles. The van der Waals surface area contributed by atoms with Gasteiger partial charge < -0.3 is 10.1 Å². The lowest BCUT2D eigenvalue weighted by Gasteiger charge is -2.17. The largest absolute Gasteiger partial charge is 0.497 e. The second-order valence-corrected chi connectivity index (χ2v) is 5.58. The van der Waals surface area contributed by atoms with Gasteiger partial charge in [0.15, 0.2) is 0 Å². The van der Waals surface area contributed by atoms with Gasteiger partial charge in [0.25, 0.3) is 0 Å². The van der Waals surface area contributed by atoms with Gasteiger partial charge in [-0.25, -0.2) is 0 Å². The molecule has 1 heterocycles. The highest BCUT2D eigenvalue weighted by atomic mass is 16.5. The van der Waals surface area contributed by atoms with Gasteiger partial charge in [0, 0.05) is 37.4 Å². The minimum atomic E-state index is 0.515. The highest BCUT2D eigenvalue weighted by Crippen LogP contribution is 2.21. The third-order valence-corrected chi connectivity index (χ3v) is 3.96. The smallest absolute Gasteiger partial charge is 0.120 e. The van der Waals surface area contributed by atoms with Crippen LogP contribution >= 0.6 is 0 Å². The fourth-order valence-corrected chi connectivity index (χ4v) is 2.88. The van der Waals surface area contributed by atoms with Crippen LogP contribution in [0, 0.1) is 0 Å². The van der Waals surface area contributed by atoms with Crippen molar-refractivity contribution in [2.24, 2.45) is 0 Å². The van der Waals surface area contributed by atoms with Gasteiger partial charge in [0.05, 0.1) is 7.11 Å². The predicted octanol–water partition coefficient (Wildman–Crippen LogP) is 3.38. The van der Waals surface area contributed by atoms with E-state index in [9.17, 15) is 0 Å². The van der Waals surface area contributed by atoms with Crippen molar-refractivity contribution < 1.29 is 4.74 Å². The van der Waals surface area contributed by atoms with Crippen LogP contribution in [-0.2, 0) is 6.54 Å². The monoisotopic (exact) mass is 282 g/mol. The molecule has 0 amide bonds. The number of hydrogen-bond donors (Lipinski definition) is 1. The van der Waals surface area contributed by atoms with Gasteiger partial charge in [-0.1, -0.05) is 36.4 Å². The molecule has 1 atom stereocenters. The zero-order valence-electron chi connectivity index (χ0n) is 12.5. The van der Waals surface area contributed by atoms with Crippen LogP contribution in [0.3, 0.4) is 0 Å². The summed E-state index contributed by atoms with van der Waals surface area (Å²) in [5, 5.41) is 3.61. The van der Waals surface area contributed by atoms with Crippen LogP contribution in [0.5, 0.6) is 5.75 Å². The fraction of sp³-hybridized carbons (Fsp3) is 0.333. The molecular weight excluding hydrogens is 260 g/mol. The van der Waals surface area contributed by atoms with Gasteiger partial charge in [-0.15, -0.1) is 0 Å². The highest BCUT2D eigenvalue weighted by molar-refractivity contribution is 5.49. The summed E-state index contributed by atoms with van der Waals surface area (Å²) in [6.07, 6.45) is 1.18. The molecule has 0 aromatic heterocycles. The summed E-state index contributed by atoms with van der Waals surface area (Å²) in [6, 6.07) is 19.4. The maximum Gasteiger partial charge on any atom is 0.120 e. The summed E-state index contributed by atoms with van der Waals surface area (Å²) in [5.41, 5.74) is 2.53. The van der Waals surface area contributed by atoms with Crippen molar-refractivity contribution in [1.29, 1.82) is 0 Å². The van der Waals surface area contributed by atoms with E-state index < -0.39 is 0 Å². The Bertz CT molecular complexity index is 570. The third-order valence-electron chi connectivity index (χ3n) is 3.96. The minimum absolute atomic E-state index is 0.515. The molecule has 0 spiro atoms. The van der Waals surface area contributed by atoms with Gasteiger partial charge in [0.2, 0.25) is 0 Å². The second kappa shape index (κ2) is 6.64. The Morgan fingerprint density at radius 3 is 2.81 bits per heavy atom. The molecule has 0 bridgehead atoms. The van der Waals surface area contributed by atoms with Crippen molar-refractivity contribution in [2.45, 2.75) is 19.0 Å². The number of hydrogen-bond acceptors (Lipinski definition) is 3. The van der Waals surface area contributed by atoms with Gasteiger partial charge in [-0.3, -0.25) is 4.90 Å². The first-order valence-electron chi connectivity index (χ1n) is 7.50. The molecule has 1 saturated heterocycles. The molecule has 3 rings (SSSR count). The summed E-state index contributed by atoms with van der Waals surface area (Å²) in [4.78, 5) is 2.51. The molecule has 3 heteroatoms. The summed E-state index contributed by atoms with van der Waals surface area (Å²) >= 11 is 0. The Hall–Kier alpha value is -2.00. The van der Waals surface area contributed by atoms with Crippen molar-refractivity contribution in [3.63, 3.8) is 0 Å². The maximum absolute atomic E-state index is 5.27. The van der Waals surface area contributed by atoms with E-state index in [4.69, 9.17) is 4.74 Å². The molecule has 0 saturated carbocycles. The number of anilines is 1. The van der Waals surface area contributed by atoms with Gasteiger partial charge in [0.1, 0.15) is 5.75 Å². The third kappa shape index (κ3) is 3.76. The lowest BCUT2D eigenvalue weighted by atomic mass is 10.2. The molecule has 21 heavy (non-hydrogen) atoms. The van der Waals surface area contributed by atoms with Crippen molar-refractivity contribution in [1.82, 2.24) is 4.90 Å². The summed E-state index contributed by atoms with van der Waals surface area (Å²) in [6.45, 7) is 3.28. The molecule has 0 radical (unpaired) electrons. The molecule has 110 valence electrons. The number of benzene rings is 2. The molecule has 1 unspecified atom stereocenters. The van der Waals surface area contributed by atoms with E-state index in [-0.39, 0.29) is 0 Å². The Kier molecular flexibility index (Phi) is 4.41. The molecular formula is C18H22N2O. The SMILES string of the molecule is COc1cccc(NC2CCN(Cc3ccccc3)C2)c1. The molecule has 2 aromatic carbocycles. The van der Waals surface area contributed by atoms with E-state index in [1.54, 1.807) is 7.11 Å². The lowest BCUT2D eigenvalue weighted by Crippen LogP contribution is -2.25. The number of nitrogens with zero attached hydrogens (tertiary/aromatic N) is 1. The zero-order valence-corrected chi connectivity index (χ0v) is 12.5. The normalized spacial score (nSPS) is 18.6. The van der Waals surface area contributed by atoms with Crippen molar-refractivity contribution in [2.75, 3.05) is 25.5 Å². The predicted molar refractivity (Wildman–Crippen MR) is 86.7 cm³/mol. The Balaban J connectivity index is 1.54. The zero-order chi connectivity index (χ0) is 14.5. The van der Waals surface area contributed by atoms with Crippen LogP contribution in [0.1, 0.15) is 12.0 Å². The number of ether oxygens (including phenoxy) is 1. The van der Waals surface area contributed by atoms with Crippen molar-refractivity contribution in [3.05, 3.63) is 60.2 Å². The molecule has 1 fully saturated rings. The van der Waals surface area contributed by atoms with E-state index in [1.807, 2.05) is 12.1 Å². The van der Waals surface area contributed by atoms with Crippen LogP contribution in [0.4, 0.5) is 5.69 Å². The number of likely N-dealkylation sites (tertiary alicyclic amines) is 1. The van der Waals surface area contributed by atoms with Crippen LogP contribution in [0.2, 0.25) is 0 Å². The van der Waals surface area contributed by atoms with Crippen LogP contribution < -0.4 is 10.1 Å². The van der Waals surface area contributed by atoms with E-state index in [2.05, 4.69) is 52.7 Å². The summed E-state index contributed by atoms with van der Waals surface area (Å²) in [5.74, 6) is 0.902. The Morgan fingerprint density at radius 1 is 1.14 bits per heavy atom. The average molecular weight is 282 g/mol. The fourth-order valence-electron chi connectivity index (χ4n) is 2.88. The lowest BCUT2D eigenvalue weighted by molar-refractivity contribution is 0.328. The van der Waals surface area contributed by atoms with Crippen LogP contribution in [-0.4, -0.2) is 31.1 Å². The number of methoxy groups -OCH3 is 1. The van der Waals surface area contributed by atoms with E-state index in [0.29, 0.717) is 6.04 Å².